The van der Waals surface area contributed by atoms with Crippen LogP contribution in [0.1, 0.15) is 32.3 Å². The molecule has 2 saturated heterocycles. The molecule has 2 aliphatic heterocycles. The average Bonchev–Trinajstić information content (AvgIpc) is 2.54. The number of allylic oxidation sites excluding steroid dienone is 2. The van der Waals surface area contributed by atoms with Crippen LogP contribution in [0.4, 0.5) is 0 Å². The maximum Gasteiger partial charge on any atom is 0.161 e. The first-order chi connectivity index (χ1) is 10.7. The number of benzene rings is 1. The van der Waals surface area contributed by atoms with Crippen molar-refractivity contribution in [2.75, 3.05) is 13.2 Å². The summed E-state index contributed by atoms with van der Waals surface area (Å²) in [5.74, 6) is 0.501. The number of carbonyl (C=O) groups excluding carboxylic acids is 1. The number of rotatable bonds is 4. The van der Waals surface area contributed by atoms with Gasteiger partial charge in [0.05, 0.1) is 13.2 Å². The Morgan fingerprint density at radius 2 is 1.86 bits per heavy atom. The number of morpholine rings is 1. The molecule has 22 heavy (non-hydrogen) atoms. The van der Waals surface area contributed by atoms with Crippen molar-refractivity contribution in [1.29, 1.82) is 0 Å². The van der Waals surface area contributed by atoms with Crippen LogP contribution in [0.2, 0.25) is 0 Å². The molecule has 3 nitrogen and oxygen atoms in total. The molecule has 118 valence electrons. The molecule has 0 N–H and O–H groups in total. The van der Waals surface area contributed by atoms with E-state index in [2.05, 4.69) is 35.2 Å². The number of piperidine rings is 1. The van der Waals surface area contributed by atoms with E-state index in [9.17, 15) is 4.79 Å². The Balaban J connectivity index is 1.72. The molecule has 0 saturated carbocycles. The minimum absolute atomic E-state index is 0.169. The van der Waals surface area contributed by atoms with Crippen molar-refractivity contribution in [2.45, 2.75) is 45.3 Å². The Hall–Kier alpha value is -1.45. The van der Waals surface area contributed by atoms with Crippen LogP contribution in [0.5, 0.6) is 0 Å². The highest BCUT2D eigenvalue weighted by Crippen LogP contribution is 2.34. The van der Waals surface area contributed by atoms with Gasteiger partial charge < -0.3 is 4.74 Å². The van der Waals surface area contributed by atoms with Crippen molar-refractivity contribution in [3.63, 3.8) is 0 Å². The zero-order valence-electron chi connectivity index (χ0n) is 13.5. The van der Waals surface area contributed by atoms with Gasteiger partial charge >= 0.3 is 0 Å². The first-order valence-electron chi connectivity index (χ1n) is 8.23. The summed E-state index contributed by atoms with van der Waals surface area (Å²) in [4.78, 5) is 15.0. The van der Waals surface area contributed by atoms with Gasteiger partial charge in [-0.1, -0.05) is 36.4 Å². The summed E-state index contributed by atoms with van der Waals surface area (Å²) in [6.07, 6.45) is 3.78. The highest BCUT2D eigenvalue weighted by atomic mass is 16.5. The van der Waals surface area contributed by atoms with Gasteiger partial charge in [0.1, 0.15) is 0 Å². The SMILES string of the molecule is CC=C(C)C(=O)C1CC2COCC(C1)N2Cc1ccccc1. The minimum Gasteiger partial charge on any atom is -0.378 e. The van der Waals surface area contributed by atoms with Gasteiger partial charge in [-0.25, -0.2) is 0 Å². The molecule has 1 aromatic rings. The average molecular weight is 299 g/mol. The molecule has 0 aromatic heterocycles. The number of hydrogen-bond acceptors (Lipinski definition) is 3. The lowest BCUT2D eigenvalue weighted by atomic mass is 9.80. The largest absolute Gasteiger partial charge is 0.378 e. The number of hydrogen-bond donors (Lipinski definition) is 0. The summed E-state index contributed by atoms with van der Waals surface area (Å²) < 4.78 is 5.75. The van der Waals surface area contributed by atoms with E-state index in [4.69, 9.17) is 4.74 Å². The maximum absolute atomic E-state index is 12.5. The summed E-state index contributed by atoms with van der Waals surface area (Å²) >= 11 is 0. The molecule has 2 aliphatic rings. The van der Waals surface area contributed by atoms with Crippen LogP contribution in [0.25, 0.3) is 0 Å². The molecule has 2 unspecified atom stereocenters. The molecular formula is C19H25NO2. The van der Waals surface area contributed by atoms with Gasteiger partial charge in [-0.05, 0) is 37.8 Å². The summed E-state index contributed by atoms with van der Waals surface area (Å²) in [5.41, 5.74) is 2.24. The third kappa shape index (κ3) is 3.16. The highest BCUT2D eigenvalue weighted by molar-refractivity contribution is 5.96. The van der Waals surface area contributed by atoms with E-state index in [1.54, 1.807) is 0 Å². The lowest BCUT2D eigenvalue weighted by molar-refractivity contribution is -0.130. The molecule has 0 spiro atoms. The molecule has 2 fully saturated rings. The van der Waals surface area contributed by atoms with Crippen molar-refractivity contribution in [3.8, 4) is 0 Å². The van der Waals surface area contributed by atoms with Crippen LogP contribution in [-0.2, 0) is 16.1 Å². The smallest absolute Gasteiger partial charge is 0.161 e. The molecule has 2 atom stereocenters. The van der Waals surface area contributed by atoms with E-state index in [0.29, 0.717) is 17.9 Å². The molecule has 2 bridgehead atoms. The number of Topliss-reactive ketones (excluding diaryl/α,β-unsaturated/α-hetero) is 1. The van der Waals surface area contributed by atoms with Crippen LogP contribution in [0.15, 0.2) is 42.0 Å². The quantitative estimate of drug-likeness (QED) is 0.800. The Morgan fingerprint density at radius 1 is 1.23 bits per heavy atom. The van der Waals surface area contributed by atoms with E-state index in [1.807, 2.05) is 19.9 Å². The summed E-state index contributed by atoms with van der Waals surface area (Å²) in [6.45, 7) is 6.35. The normalized spacial score (nSPS) is 29.4. The van der Waals surface area contributed by atoms with Crippen LogP contribution in [-0.4, -0.2) is 36.0 Å². The van der Waals surface area contributed by atoms with E-state index >= 15 is 0 Å². The lowest BCUT2D eigenvalue weighted by Gasteiger charge is -2.48. The molecule has 0 amide bonds. The molecule has 0 aliphatic carbocycles. The van der Waals surface area contributed by atoms with E-state index in [1.165, 1.54) is 5.56 Å². The zero-order valence-corrected chi connectivity index (χ0v) is 13.5. The van der Waals surface area contributed by atoms with E-state index < -0.39 is 0 Å². The Bertz CT molecular complexity index is 538. The van der Waals surface area contributed by atoms with Crippen molar-refractivity contribution in [1.82, 2.24) is 4.90 Å². The second kappa shape index (κ2) is 6.76. The topological polar surface area (TPSA) is 29.5 Å². The number of carbonyl (C=O) groups is 1. The van der Waals surface area contributed by atoms with Crippen LogP contribution < -0.4 is 0 Å². The standard InChI is InChI=1S/C19H25NO2/c1-3-14(2)19(21)16-9-17-12-22-13-18(10-16)20(17)11-15-7-5-4-6-8-15/h3-8,16-18H,9-13H2,1-2H3. The van der Waals surface area contributed by atoms with Gasteiger partial charge in [-0.3, -0.25) is 9.69 Å². The first kappa shape index (κ1) is 15.4. The van der Waals surface area contributed by atoms with Gasteiger partial charge in [0.15, 0.2) is 5.78 Å². The molecule has 3 rings (SSSR count). The van der Waals surface area contributed by atoms with Gasteiger partial charge in [0.2, 0.25) is 0 Å². The summed E-state index contributed by atoms with van der Waals surface area (Å²) in [7, 11) is 0. The summed E-state index contributed by atoms with van der Waals surface area (Å²) in [6, 6.07) is 11.3. The number of ether oxygens (including phenoxy) is 1. The second-order valence-corrected chi connectivity index (χ2v) is 6.51. The van der Waals surface area contributed by atoms with Crippen molar-refractivity contribution < 1.29 is 9.53 Å². The minimum atomic E-state index is 0.169. The fraction of sp³-hybridized carbons (Fsp3) is 0.526. The third-order valence-electron chi connectivity index (χ3n) is 5.07. The molecule has 2 heterocycles. The van der Waals surface area contributed by atoms with Crippen molar-refractivity contribution >= 4 is 5.78 Å². The lowest BCUT2D eigenvalue weighted by Crippen LogP contribution is -2.57. The van der Waals surface area contributed by atoms with Gasteiger partial charge in [-0.15, -0.1) is 0 Å². The van der Waals surface area contributed by atoms with Crippen LogP contribution in [0.3, 0.4) is 0 Å². The van der Waals surface area contributed by atoms with Gasteiger partial charge in [0, 0.05) is 24.5 Å². The monoisotopic (exact) mass is 299 g/mol. The van der Waals surface area contributed by atoms with E-state index in [-0.39, 0.29) is 5.92 Å². The predicted octanol–water partition coefficient (Wildman–Crippen LogP) is 3.20. The number of ketones is 1. The first-order valence-corrected chi connectivity index (χ1v) is 8.23. The van der Waals surface area contributed by atoms with Crippen LogP contribution >= 0.6 is 0 Å². The second-order valence-electron chi connectivity index (χ2n) is 6.51. The Labute approximate surface area is 133 Å². The zero-order chi connectivity index (χ0) is 15.5. The summed E-state index contributed by atoms with van der Waals surface area (Å²) in [5, 5.41) is 0. The number of fused-ring (bicyclic) bond motifs is 2. The fourth-order valence-electron chi connectivity index (χ4n) is 3.72. The van der Waals surface area contributed by atoms with E-state index in [0.717, 1.165) is 38.2 Å². The number of nitrogens with zero attached hydrogens (tertiary/aromatic N) is 1. The predicted molar refractivity (Wildman–Crippen MR) is 87.5 cm³/mol. The van der Waals surface area contributed by atoms with Gasteiger partial charge in [0.25, 0.3) is 0 Å². The Morgan fingerprint density at radius 3 is 2.45 bits per heavy atom. The molecule has 1 aromatic carbocycles. The van der Waals surface area contributed by atoms with Crippen LogP contribution in [0, 0.1) is 5.92 Å². The Kier molecular flexibility index (Phi) is 4.74. The maximum atomic E-state index is 12.5. The molecule has 3 heteroatoms. The third-order valence-corrected chi connectivity index (χ3v) is 5.07. The van der Waals surface area contributed by atoms with Crippen molar-refractivity contribution in [3.05, 3.63) is 47.5 Å². The fourth-order valence-corrected chi connectivity index (χ4v) is 3.72. The molecule has 0 radical (unpaired) electrons. The van der Waals surface area contributed by atoms with Crippen molar-refractivity contribution in [2.24, 2.45) is 5.92 Å². The highest BCUT2D eigenvalue weighted by Gasteiger charge is 2.41. The van der Waals surface area contributed by atoms with Gasteiger partial charge in [-0.2, -0.15) is 0 Å². The molecular weight excluding hydrogens is 274 g/mol.